The molecule has 76 valence electrons. The maximum Gasteiger partial charge on any atom is 0.159 e. The van der Waals surface area contributed by atoms with Crippen LogP contribution in [0.4, 0.5) is 4.39 Å². The zero-order valence-corrected chi connectivity index (χ0v) is 8.33. The smallest absolute Gasteiger partial charge is 0.159 e. The predicted molar refractivity (Wildman–Crippen MR) is 50.2 cm³/mol. The molecule has 0 fully saturated rings. The van der Waals surface area contributed by atoms with Crippen molar-refractivity contribution >= 4 is 5.78 Å². The molecule has 0 saturated heterocycles. The van der Waals surface area contributed by atoms with Gasteiger partial charge in [0.25, 0.3) is 0 Å². The summed E-state index contributed by atoms with van der Waals surface area (Å²) in [4.78, 5) is 18.8. The number of nitrogens with zero attached hydrogens (tertiary/aromatic N) is 2. The summed E-state index contributed by atoms with van der Waals surface area (Å²) >= 11 is 0. The van der Waals surface area contributed by atoms with E-state index >= 15 is 0 Å². The predicted octanol–water partition coefficient (Wildman–Crippen LogP) is 1.77. The average molecular weight is 196 g/mol. The van der Waals surface area contributed by atoms with Crippen molar-refractivity contribution in [1.82, 2.24) is 9.97 Å². The van der Waals surface area contributed by atoms with E-state index in [1.54, 1.807) is 0 Å². The molecule has 0 spiro atoms. The third-order valence-electron chi connectivity index (χ3n) is 1.91. The highest BCUT2D eigenvalue weighted by atomic mass is 19.1. The minimum Gasteiger partial charge on any atom is -0.299 e. The van der Waals surface area contributed by atoms with Crippen LogP contribution in [0.15, 0.2) is 12.4 Å². The van der Waals surface area contributed by atoms with Gasteiger partial charge in [-0.1, -0.05) is 13.8 Å². The van der Waals surface area contributed by atoms with Crippen molar-refractivity contribution in [2.24, 2.45) is 5.92 Å². The Labute approximate surface area is 82.4 Å². The summed E-state index contributed by atoms with van der Waals surface area (Å²) in [5.41, 5.74) is 0. The van der Waals surface area contributed by atoms with Crippen molar-refractivity contribution in [2.75, 3.05) is 0 Å². The molecule has 14 heavy (non-hydrogen) atoms. The van der Waals surface area contributed by atoms with Crippen molar-refractivity contribution in [3.8, 4) is 0 Å². The van der Waals surface area contributed by atoms with Gasteiger partial charge in [0.2, 0.25) is 0 Å². The summed E-state index contributed by atoms with van der Waals surface area (Å²) in [7, 11) is 0. The van der Waals surface area contributed by atoms with Crippen molar-refractivity contribution in [3.63, 3.8) is 0 Å². The lowest BCUT2D eigenvalue weighted by Gasteiger charge is -2.02. The molecule has 0 saturated carbocycles. The number of aryl methyl sites for hydroxylation is 1. The van der Waals surface area contributed by atoms with E-state index in [0.717, 1.165) is 12.4 Å². The molecule has 1 aromatic heterocycles. The molecule has 0 aliphatic heterocycles. The number of halogens is 1. The molecule has 0 N–H and O–H groups in total. The Kier molecular flexibility index (Phi) is 3.68. The Morgan fingerprint density at radius 3 is 2.50 bits per heavy atom. The average Bonchev–Trinajstić information content (AvgIpc) is 2.16. The summed E-state index contributed by atoms with van der Waals surface area (Å²) in [5.74, 6) is 0.276. The van der Waals surface area contributed by atoms with Crippen LogP contribution in [0.25, 0.3) is 0 Å². The van der Waals surface area contributed by atoms with Crippen molar-refractivity contribution in [2.45, 2.75) is 26.7 Å². The van der Waals surface area contributed by atoms with Crippen molar-refractivity contribution < 1.29 is 9.18 Å². The van der Waals surface area contributed by atoms with Crippen LogP contribution in [-0.2, 0) is 11.2 Å². The fraction of sp³-hybridized carbons (Fsp3) is 0.500. The Morgan fingerprint density at radius 2 is 2.00 bits per heavy atom. The van der Waals surface area contributed by atoms with Crippen molar-refractivity contribution in [3.05, 3.63) is 24.0 Å². The molecule has 0 unspecified atom stereocenters. The van der Waals surface area contributed by atoms with E-state index < -0.39 is 5.82 Å². The topological polar surface area (TPSA) is 42.9 Å². The van der Waals surface area contributed by atoms with Gasteiger partial charge in [-0.3, -0.25) is 4.79 Å². The molecule has 0 aliphatic carbocycles. The molecule has 1 aromatic rings. The van der Waals surface area contributed by atoms with E-state index in [1.165, 1.54) is 0 Å². The van der Waals surface area contributed by atoms with Crippen LogP contribution in [0.2, 0.25) is 0 Å². The molecular weight excluding hydrogens is 183 g/mol. The number of carbonyl (C=O) groups excluding carboxylic acids is 1. The fourth-order valence-electron chi connectivity index (χ4n) is 0.992. The second-order valence-corrected chi connectivity index (χ2v) is 3.44. The van der Waals surface area contributed by atoms with Crippen LogP contribution in [0.1, 0.15) is 26.1 Å². The lowest BCUT2D eigenvalue weighted by molar-refractivity contribution is -0.121. The van der Waals surface area contributed by atoms with Gasteiger partial charge in [0.15, 0.2) is 5.82 Å². The van der Waals surface area contributed by atoms with Gasteiger partial charge in [-0.2, -0.15) is 0 Å². The Balaban J connectivity index is 2.46. The zero-order valence-electron chi connectivity index (χ0n) is 8.33. The number of Topliss-reactive ketones (excluding diaryl/α,β-unsaturated/α-hetero) is 1. The van der Waals surface area contributed by atoms with Crippen LogP contribution in [-0.4, -0.2) is 15.8 Å². The third kappa shape index (κ3) is 3.20. The van der Waals surface area contributed by atoms with Crippen LogP contribution in [0.5, 0.6) is 0 Å². The molecule has 0 aliphatic rings. The van der Waals surface area contributed by atoms with Gasteiger partial charge in [0.05, 0.1) is 12.4 Å². The number of hydrogen-bond acceptors (Lipinski definition) is 3. The van der Waals surface area contributed by atoms with E-state index in [0.29, 0.717) is 18.7 Å². The molecule has 1 rings (SSSR count). The SMILES string of the molecule is CC(C)C(=O)CCc1ncc(F)cn1. The van der Waals surface area contributed by atoms with Gasteiger partial charge in [0.1, 0.15) is 11.6 Å². The lowest BCUT2D eigenvalue weighted by atomic mass is 10.0. The summed E-state index contributed by atoms with van der Waals surface area (Å²) < 4.78 is 12.4. The molecule has 0 bridgehead atoms. The highest BCUT2D eigenvalue weighted by molar-refractivity contribution is 5.80. The van der Waals surface area contributed by atoms with Gasteiger partial charge in [-0.25, -0.2) is 14.4 Å². The molecule has 3 nitrogen and oxygen atoms in total. The number of hydrogen-bond donors (Lipinski definition) is 0. The Bertz CT molecular complexity index is 308. The van der Waals surface area contributed by atoms with E-state index in [2.05, 4.69) is 9.97 Å². The first-order valence-corrected chi connectivity index (χ1v) is 4.58. The van der Waals surface area contributed by atoms with Crippen LogP contribution in [0, 0.1) is 11.7 Å². The quantitative estimate of drug-likeness (QED) is 0.737. The monoisotopic (exact) mass is 196 g/mol. The Hall–Kier alpha value is -1.32. The van der Waals surface area contributed by atoms with Gasteiger partial charge in [0, 0.05) is 18.8 Å². The lowest BCUT2D eigenvalue weighted by Crippen LogP contribution is -2.09. The minimum absolute atomic E-state index is 0.0375. The Morgan fingerprint density at radius 1 is 1.43 bits per heavy atom. The number of ketones is 1. The summed E-state index contributed by atoms with van der Waals surface area (Å²) in [6, 6.07) is 0. The van der Waals surface area contributed by atoms with Gasteiger partial charge >= 0.3 is 0 Å². The summed E-state index contributed by atoms with van der Waals surface area (Å²) in [5, 5.41) is 0. The highest BCUT2D eigenvalue weighted by Crippen LogP contribution is 2.03. The fourth-order valence-corrected chi connectivity index (χ4v) is 0.992. The molecular formula is C10H13FN2O. The highest BCUT2D eigenvalue weighted by Gasteiger charge is 2.08. The maximum absolute atomic E-state index is 12.4. The van der Waals surface area contributed by atoms with E-state index in [4.69, 9.17) is 0 Å². The minimum atomic E-state index is -0.455. The first-order valence-electron chi connectivity index (χ1n) is 4.58. The molecule has 0 aromatic carbocycles. The van der Waals surface area contributed by atoms with E-state index in [1.807, 2.05) is 13.8 Å². The summed E-state index contributed by atoms with van der Waals surface area (Å²) in [6.07, 6.45) is 3.13. The largest absolute Gasteiger partial charge is 0.299 e. The van der Waals surface area contributed by atoms with Crippen LogP contribution < -0.4 is 0 Å². The molecule has 0 radical (unpaired) electrons. The first kappa shape index (κ1) is 10.8. The van der Waals surface area contributed by atoms with Crippen molar-refractivity contribution in [1.29, 1.82) is 0 Å². The third-order valence-corrected chi connectivity index (χ3v) is 1.91. The summed E-state index contributed by atoms with van der Waals surface area (Å²) in [6.45, 7) is 3.71. The van der Waals surface area contributed by atoms with E-state index in [-0.39, 0.29) is 11.7 Å². The molecule has 1 heterocycles. The second kappa shape index (κ2) is 4.79. The normalized spacial score (nSPS) is 10.6. The van der Waals surface area contributed by atoms with Crippen LogP contribution >= 0.6 is 0 Å². The van der Waals surface area contributed by atoms with Gasteiger partial charge in [-0.05, 0) is 0 Å². The van der Waals surface area contributed by atoms with E-state index in [9.17, 15) is 9.18 Å². The number of carbonyl (C=O) groups is 1. The number of rotatable bonds is 4. The van der Waals surface area contributed by atoms with Gasteiger partial charge < -0.3 is 0 Å². The maximum atomic E-state index is 12.4. The first-order chi connectivity index (χ1) is 6.59. The standard InChI is InChI=1S/C10H13FN2O/c1-7(2)9(14)3-4-10-12-5-8(11)6-13-10/h5-7H,3-4H2,1-2H3. The zero-order chi connectivity index (χ0) is 10.6. The molecule has 4 heteroatoms. The molecule has 0 atom stereocenters. The van der Waals surface area contributed by atoms with Gasteiger partial charge in [-0.15, -0.1) is 0 Å². The van der Waals surface area contributed by atoms with Crippen LogP contribution in [0.3, 0.4) is 0 Å². The second-order valence-electron chi connectivity index (χ2n) is 3.44. The number of aromatic nitrogens is 2. The molecule has 0 amide bonds.